The van der Waals surface area contributed by atoms with Crippen molar-refractivity contribution in [1.29, 1.82) is 0 Å². The van der Waals surface area contributed by atoms with Gasteiger partial charge in [0.1, 0.15) is 0 Å². The molecule has 0 aliphatic rings. The monoisotopic (exact) mass is 241 g/mol. The summed E-state index contributed by atoms with van der Waals surface area (Å²) >= 11 is 0. The molecule has 0 saturated heterocycles. The summed E-state index contributed by atoms with van der Waals surface area (Å²) in [5.74, 6) is 0. The summed E-state index contributed by atoms with van der Waals surface area (Å²) in [6.45, 7) is -5.81. The average molecular weight is 241 g/mol. The van der Waals surface area contributed by atoms with Gasteiger partial charge < -0.3 is 4.74 Å². The number of hydrogen-bond donors (Lipinski definition) is 0. The summed E-state index contributed by atoms with van der Waals surface area (Å²) in [6, 6.07) is -1.61. The van der Waals surface area contributed by atoms with Crippen LogP contribution in [0.15, 0.2) is 47.3 Å². The van der Waals surface area contributed by atoms with Crippen molar-refractivity contribution in [2.24, 2.45) is 0 Å². The molecule has 1 aromatic heterocycles. The zero-order chi connectivity index (χ0) is 22.5. The number of methoxy groups -OCH3 is 1. The maximum Gasteiger partial charge on any atom is 0.255 e. The van der Waals surface area contributed by atoms with Gasteiger partial charge in [-0.2, -0.15) is 0 Å². The molecule has 0 radical (unpaired) electrons. The van der Waals surface area contributed by atoms with E-state index in [2.05, 4.69) is 4.74 Å². The molecule has 0 saturated carbocycles. The van der Waals surface area contributed by atoms with Crippen LogP contribution in [0, 0.1) is 6.85 Å². The van der Waals surface area contributed by atoms with Gasteiger partial charge in [0.2, 0.25) is 0 Å². The summed E-state index contributed by atoms with van der Waals surface area (Å²) in [4.78, 5) is 12.3. The summed E-state index contributed by atoms with van der Waals surface area (Å²) in [5, 5.41) is 0. The lowest BCUT2D eigenvalue weighted by Gasteiger charge is -2.08. The third-order valence-electron chi connectivity index (χ3n) is 1.93. The molecule has 2 aromatic rings. The third kappa shape index (κ3) is 2.63. The van der Waals surface area contributed by atoms with E-state index in [0.29, 0.717) is 4.57 Å². The number of hydrogen-bond acceptors (Lipinski definition) is 2. The lowest BCUT2D eigenvalue weighted by molar-refractivity contribution is 0.184. The van der Waals surface area contributed by atoms with Crippen molar-refractivity contribution in [2.45, 2.75) is 13.4 Å². The fourth-order valence-corrected chi connectivity index (χ4v) is 1.21. The van der Waals surface area contributed by atoms with Gasteiger partial charge in [-0.15, -0.1) is 0 Å². The Hall–Kier alpha value is -1.87. The maximum absolute atomic E-state index is 12.3. The summed E-state index contributed by atoms with van der Waals surface area (Å²) in [5.41, 5.74) is -2.74. The van der Waals surface area contributed by atoms with Crippen molar-refractivity contribution >= 4 is 0 Å². The highest BCUT2D eigenvalue weighted by Gasteiger charge is 2.01. The third-order valence-corrected chi connectivity index (χ3v) is 1.93. The molecule has 0 aliphatic heterocycles. The molecule has 17 heavy (non-hydrogen) atoms. The van der Waals surface area contributed by atoms with Gasteiger partial charge in [0, 0.05) is 29.1 Å². The Balaban J connectivity index is 2.79. The van der Waals surface area contributed by atoms with Crippen molar-refractivity contribution in [3.05, 3.63) is 64.0 Å². The second-order valence-electron chi connectivity index (χ2n) is 3.05. The molecule has 1 aromatic carbocycles. The van der Waals surface area contributed by atoms with Crippen LogP contribution in [0.3, 0.4) is 0 Å². The van der Waals surface area contributed by atoms with Gasteiger partial charge >= 0.3 is 0 Å². The smallest absolute Gasteiger partial charge is 0.255 e. The van der Waals surface area contributed by atoms with Crippen molar-refractivity contribution in [3.63, 3.8) is 0 Å². The molecule has 0 fully saturated rings. The summed E-state index contributed by atoms with van der Waals surface area (Å²) in [7, 11) is -3.10. The molecule has 0 amide bonds. The molecule has 0 atom stereocenters. The van der Waals surface area contributed by atoms with Crippen LogP contribution in [0.5, 0.6) is 0 Å². The Morgan fingerprint density at radius 2 is 2.24 bits per heavy atom. The van der Waals surface area contributed by atoms with Crippen LogP contribution in [-0.2, 0) is 11.3 Å². The topological polar surface area (TPSA) is 31.2 Å². The zero-order valence-electron chi connectivity index (χ0n) is 20.5. The van der Waals surface area contributed by atoms with E-state index in [0.717, 1.165) is 18.3 Å². The zero-order valence-corrected chi connectivity index (χ0v) is 8.50. The first-order valence-corrected chi connectivity index (χ1v) is 4.52. The van der Waals surface area contributed by atoms with E-state index >= 15 is 0 Å². The minimum atomic E-state index is -3.10. The van der Waals surface area contributed by atoms with Gasteiger partial charge in [-0.05, 0) is 30.6 Å². The Labute approximate surface area is 117 Å². The molecule has 0 aliphatic carbocycles. The van der Waals surface area contributed by atoms with E-state index in [9.17, 15) is 4.79 Å². The summed E-state index contributed by atoms with van der Waals surface area (Å²) < 4.78 is 95.8. The number of rotatable bonds is 3. The number of nitrogens with zero attached hydrogens (tertiary/aromatic N) is 1. The van der Waals surface area contributed by atoms with Gasteiger partial charge in [-0.1, -0.05) is 17.6 Å². The first-order valence-electron chi connectivity index (χ1n) is 10.5. The molecule has 0 bridgehead atoms. The van der Waals surface area contributed by atoms with Gasteiger partial charge in [0.15, 0.2) is 0 Å². The normalized spacial score (nSPS) is 23.1. The van der Waals surface area contributed by atoms with Gasteiger partial charge in [0.05, 0.1) is 18.9 Å². The van der Waals surface area contributed by atoms with E-state index in [1.54, 1.807) is 0 Å². The average Bonchev–Trinajstić information content (AvgIpc) is 2.51. The number of pyridine rings is 1. The minimum Gasteiger partial charge on any atom is -0.380 e. The highest BCUT2D eigenvalue weighted by atomic mass is 16.5. The highest BCUT2D eigenvalue weighted by Crippen LogP contribution is 2.08. The largest absolute Gasteiger partial charge is 0.380 e. The first kappa shape index (κ1) is 3.82. The molecule has 2 rings (SSSR count). The molecule has 0 spiro atoms. The van der Waals surface area contributed by atoms with Crippen molar-refractivity contribution in [1.82, 2.24) is 4.57 Å². The van der Waals surface area contributed by atoms with Crippen LogP contribution in [0.4, 0.5) is 0 Å². The maximum atomic E-state index is 12.3. The number of benzene rings is 1. The predicted octanol–water partition coefficient (Wildman–Crippen LogP) is 2.29. The Bertz CT molecular complexity index is 976. The summed E-state index contributed by atoms with van der Waals surface area (Å²) in [6.07, 6.45) is 0.785. The number of aromatic nitrogens is 1. The van der Waals surface area contributed by atoms with E-state index in [4.69, 9.17) is 16.4 Å². The fourth-order valence-electron chi connectivity index (χ4n) is 1.21. The van der Waals surface area contributed by atoms with Gasteiger partial charge in [-0.25, -0.2) is 0 Å². The Kier molecular flexibility index (Phi) is 1.12. The second-order valence-corrected chi connectivity index (χ2v) is 3.05. The second kappa shape index (κ2) is 4.97. The lowest BCUT2D eigenvalue weighted by atomic mass is 10.2. The van der Waals surface area contributed by atoms with Gasteiger partial charge in [0.25, 0.3) is 5.56 Å². The van der Waals surface area contributed by atoms with Crippen LogP contribution in [-0.4, -0.2) is 11.6 Å². The Morgan fingerprint density at radius 1 is 1.41 bits per heavy atom. The lowest BCUT2D eigenvalue weighted by Crippen LogP contribution is -2.17. The molecular weight excluding hydrogens is 214 g/mol. The van der Waals surface area contributed by atoms with Crippen molar-refractivity contribution < 1.29 is 21.2 Å². The standard InChI is InChI=1S/C14H15NO2/c1-11-3-6-13(7-4-11)15-9-12(10-17-2)5-8-14(15)16/h3-9H,10H2,1-2H3/i1D3,2D3,3D,4D,6D,7D,10D2. The van der Waals surface area contributed by atoms with Crippen LogP contribution < -0.4 is 5.56 Å². The molecule has 3 nitrogen and oxygen atoms in total. The molecular formula is C14H15NO2. The quantitative estimate of drug-likeness (QED) is 0.825. The van der Waals surface area contributed by atoms with E-state index in [1.807, 2.05) is 0 Å². The van der Waals surface area contributed by atoms with Crippen LogP contribution in [0.25, 0.3) is 5.69 Å². The van der Waals surface area contributed by atoms with E-state index < -0.39 is 67.0 Å². The molecule has 0 N–H and O–H groups in total. The Morgan fingerprint density at radius 3 is 2.94 bits per heavy atom. The molecule has 88 valence electrons. The minimum absolute atomic E-state index is 0.440. The van der Waals surface area contributed by atoms with Crippen molar-refractivity contribution in [2.75, 3.05) is 7.04 Å². The van der Waals surface area contributed by atoms with Crippen LogP contribution >= 0.6 is 0 Å². The molecule has 1 heterocycles. The van der Waals surface area contributed by atoms with E-state index in [1.165, 1.54) is 0 Å². The highest BCUT2D eigenvalue weighted by molar-refractivity contribution is 5.35. The van der Waals surface area contributed by atoms with Crippen molar-refractivity contribution in [3.8, 4) is 5.69 Å². The SMILES string of the molecule is [2H]c1c([2H])c(C([2H])([2H])[2H])c([2H])c([2H])c1-n1cc(C([2H])([2H])OC([2H])([2H])[2H])ccc1=O. The first-order chi connectivity index (χ1) is 13.0. The fraction of sp³-hybridized carbons (Fsp3) is 0.214. The van der Waals surface area contributed by atoms with E-state index in [-0.39, 0.29) is 0 Å². The number of ether oxygens (including phenoxy) is 1. The van der Waals surface area contributed by atoms with Crippen LogP contribution in [0.2, 0.25) is 0 Å². The predicted molar refractivity (Wildman–Crippen MR) is 67.5 cm³/mol. The molecule has 0 unspecified atom stereocenters. The van der Waals surface area contributed by atoms with Gasteiger partial charge in [-0.3, -0.25) is 9.36 Å². The molecule has 3 heteroatoms. The van der Waals surface area contributed by atoms with Crippen LogP contribution in [0.1, 0.15) is 27.6 Å².